The molecule has 0 aromatic heterocycles. The molecule has 0 fully saturated rings. The van der Waals surface area contributed by atoms with Crippen LogP contribution in [0.15, 0.2) is 0 Å². The van der Waals surface area contributed by atoms with Gasteiger partial charge in [0, 0.05) is 6.42 Å². The lowest BCUT2D eigenvalue weighted by Crippen LogP contribution is -2.56. The summed E-state index contributed by atoms with van der Waals surface area (Å²) >= 11 is 0. The van der Waals surface area contributed by atoms with Crippen molar-refractivity contribution in [1.82, 2.24) is 16.0 Å². The van der Waals surface area contributed by atoms with Crippen molar-refractivity contribution in [1.29, 1.82) is 0 Å². The Hall–Kier alpha value is -3.22. The van der Waals surface area contributed by atoms with Gasteiger partial charge < -0.3 is 37.6 Å². The molecule has 0 aromatic rings. The molecule has 4 amide bonds. The van der Waals surface area contributed by atoms with Gasteiger partial charge in [-0.15, -0.1) is 0 Å². The first-order valence-corrected chi connectivity index (χ1v) is 7.81. The summed E-state index contributed by atoms with van der Waals surface area (Å²) < 4.78 is 0. The van der Waals surface area contributed by atoms with Gasteiger partial charge in [-0.05, 0) is 13.3 Å². The summed E-state index contributed by atoms with van der Waals surface area (Å²) in [5.41, 5.74) is 10.0. The summed E-state index contributed by atoms with van der Waals surface area (Å²) in [5, 5.41) is 24.2. The molecule has 3 unspecified atom stereocenters. The van der Waals surface area contributed by atoms with Crippen LogP contribution in [0.3, 0.4) is 0 Å². The summed E-state index contributed by atoms with van der Waals surface area (Å²) in [5.74, 6) is -6.23. The van der Waals surface area contributed by atoms with Gasteiger partial charge in [-0.2, -0.15) is 0 Å². The molecule has 0 aliphatic rings. The number of nitrogens with two attached hydrogens (primary N) is 2. The fourth-order valence-electron chi connectivity index (χ4n) is 1.87. The number of carbonyl (C=O) groups excluding carboxylic acids is 4. The molecule has 0 spiro atoms. The van der Waals surface area contributed by atoms with E-state index in [1.807, 2.05) is 5.32 Å². The molecule has 3 atom stereocenters. The van der Waals surface area contributed by atoms with E-state index in [-0.39, 0.29) is 13.0 Å². The third kappa shape index (κ3) is 9.74. The minimum atomic E-state index is -1.64. The maximum atomic E-state index is 12.2. The second-order valence-corrected chi connectivity index (χ2v) is 5.56. The standard InChI is InChI=1S/C14H23N5O8/c1-6(17-10(21)5-15)12(24)18-7(2-3-11(22)23)13(25)19-8(14(26)27)4-9(16)20/h6-8H,2-5,15H2,1H3,(H2,16,20)(H,17,21)(H,18,24)(H,19,25)(H,22,23)(H,26,27). The molecule has 27 heavy (non-hydrogen) atoms. The highest BCUT2D eigenvalue weighted by molar-refractivity contribution is 5.94. The third-order valence-electron chi connectivity index (χ3n) is 3.26. The van der Waals surface area contributed by atoms with Gasteiger partial charge in [0.2, 0.25) is 23.6 Å². The Morgan fingerprint density at radius 1 is 0.926 bits per heavy atom. The average molecular weight is 389 g/mol. The molecule has 0 bridgehead atoms. The second kappa shape index (κ2) is 11.4. The Morgan fingerprint density at radius 2 is 1.48 bits per heavy atom. The van der Waals surface area contributed by atoms with Crippen molar-refractivity contribution < 1.29 is 39.0 Å². The lowest BCUT2D eigenvalue weighted by molar-refractivity contribution is -0.144. The Bertz CT molecular complexity index is 608. The van der Waals surface area contributed by atoms with Crippen LogP contribution in [0.4, 0.5) is 0 Å². The van der Waals surface area contributed by atoms with Crippen molar-refractivity contribution in [3.05, 3.63) is 0 Å². The Morgan fingerprint density at radius 3 is 1.93 bits per heavy atom. The number of nitrogens with one attached hydrogen (secondary N) is 3. The first-order chi connectivity index (χ1) is 12.5. The van der Waals surface area contributed by atoms with Gasteiger partial charge in [-0.3, -0.25) is 24.0 Å². The molecular weight excluding hydrogens is 366 g/mol. The SMILES string of the molecule is CC(NC(=O)CN)C(=O)NC(CCC(=O)O)C(=O)NC(CC(N)=O)C(=O)O. The van der Waals surface area contributed by atoms with Crippen LogP contribution in [0.25, 0.3) is 0 Å². The highest BCUT2D eigenvalue weighted by atomic mass is 16.4. The van der Waals surface area contributed by atoms with Crippen molar-refractivity contribution in [2.75, 3.05) is 6.54 Å². The van der Waals surface area contributed by atoms with Crippen molar-refractivity contribution in [3.8, 4) is 0 Å². The van der Waals surface area contributed by atoms with Crippen LogP contribution >= 0.6 is 0 Å². The largest absolute Gasteiger partial charge is 0.481 e. The van der Waals surface area contributed by atoms with E-state index in [0.29, 0.717) is 0 Å². The van der Waals surface area contributed by atoms with E-state index in [1.54, 1.807) is 0 Å². The fourth-order valence-corrected chi connectivity index (χ4v) is 1.87. The van der Waals surface area contributed by atoms with Gasteiger partial charge in [0.05, 0.1) is 13.0 Å². The topological polar surface area (TPSA) is 231 Å². The molecule has 152 valence electrons. The number of carboxylic acids is 2. The molecule has 0 rings (SSSR count). The van der Waals surface area contributed by atoms with E-state index in [9.17, 15) is 28.8 Å². The highest BCUT2D eigenvalue weighted by Crippen LogP contribution is 2.02. The van der Waals surface area contributed by atoms with E-state index in [2.05, 4.69) is 10.6 Å². The summed E-state index contributed by atoms with van der Waals surface area (Å²) in [7, 11) is 0. The van der Waals surface area contributed by atoms with Gasteiger partial charge in [0.25, 0.3) is 0 Å². The number of aliphatic carboxylic acids is 2. The zero-order chi connectivity index (χ0) is 21.1. The highest BCUT2D eigenvalue weighted by Gasteiger charge is 2.29. The molecule has 0 radical (unpaired) electrons. The third-order valence-corrected chi connectivity index (χ3v) is 3.26. The van der Waals surface area contributed by atoms with Crippen molar-refractivity contribution >= 4 is 35.6 Å². The van der Waals surface area contributed by atoms with Crippen LogP contribution in [0.1, 0.15) is 26.2 Å². The first kappa shape index (κ1) is 23.8. The molecule has 9 N–H and O–H groups in total. The van der Waals surface area contributed by atoms with Crippen LogP contribution in [0.2, 0.25) is 0 Å². The second-order valence-electron chi connectivity index (χ2n) is 5.56. The van der Waals surface area contributed by atoms with Crippen LogP contribution < -0.4 is 27.4 Å². The minimum Gasteiger partial charge on any atom is -0.481 e. The molecule has 0 aromatic carbocycles. The normalized spacial score (nSPS) is 13.6. The molecule has 13 heteroatoms. The lowest BCUT2D eigenvalue weighted by Gasteiger charge is -2.22. The summed E-state index contributed by atoms with van der Waals surface area (Å²) in [6, 6.07) is -4.14. The molecule has 0 heterocycles. The fraction of sp³-hybridized carbons (Fsp3) is 0.571. The van der Waals surface area contributed by atoms with Gasteiger partial charge in [0.15, 0.2) is 0 Å². The zero-order valence-corrected chi connectivity index (χ0v) is 14.6. The molecular formula is C14H23N5O8. The number of carbonyl (C=O) groups is 6. The molecule has 0 saturated carbocycles. The van der Waals surface area contributed by atoms with E-state index in [0.717, 1.165) is 0 Å². The lowest BCUT2D eigenvalue weighted by atomic mass is 10.1. The Labute approximate surface area is 153 Å². The molecule has 0 aliphatic heterocycles. The van der Waals surface area contributed by atoms with Crippen LogP contribution in [-0.2, 0) is 28.8 Å². The number of hydrogen-bond donors (Lipinski definition) is 7. The molecule has 0 aliphatic carbocycles. The number of rotatable bonds is 12. The van der Waals surface area contributed by atoms with Gasteiger partial charge in [0.1, 0.15) is 18.1 Å². The van der Waals surface area contributed by atoms with Gasteiger partial charge >= 0.3 is 11.9 Å². The van der Waals surface area contributed by atoms with Gasteiger partial charge in [-0.1, -0.05) is 0 Å². The Balaban J connectivity index is 5.15. The van der Waals surface area contributed by atoms with Crippen LogP contribution in [0, 0.1) is 0 Å². The van der Waals surface area contributed by atoms with Crippen molar-refractivity contribution in [3.63, 3.8) is 0 Å². The summed E-state index contributed by atoms with van der Waals surface area (Å²) in [4.78, 5) is 68.2. The zero-order valence-electron chi connectivity index (χ0n) is 14.6. The van der Waals surface area contributed by atoms with Crippen LogP contribution in [0.5, 0.6) is 0 Å². The van der Waals surface area contributed by atoms with E-state index < -0.39 is 66.5 Å². The maximum Gasteiger partial charge on any atom is 0.326 e. The number of primary amides is 1. The summed E-state index contributed by atoms with van der Waals surface area (Å²) in [6.07, 6.45) is -1.55. The average Bonchev–Trinajstić information content (AvgIpc) is 2.56. The minimum absolute atomic E-state index is 0.354. The predicted octanol–water partition coefficient (Wildman–Crippen LogP) is -3.76. The van der Waals surface area contributed by atoms with E-state index >= 15 is 0 Å². The quantitative estimate of drug-likeness (QED) is 0.173. The molecule has 13 nitrogen and oxygen atoms in total. The maximum absolute atomic E-state index is 12.2. The summed E-state index contributed by atoms with van der Waals surface area (Å²) in [6.45, 7) is 0.941. The first-order valence-electron chi connectivity index (χ1n) is 7.81. The van der Waals surface area contributed by atoms with E-state index in [1.165, 1.54) is 6.92 Å². The number of amides is 4. The van der Waals surface area contributed by atoms with E-state index in [4.69, 9.17) is 21.7 Å². The van der Waals surface area contributed by atoms with Crippen molar-refractivity contribution in [2.45, 2.75) is 44.3 Å². The monoisotopic (exact) mass is 389 g/mol. The van der Waals surface area contributed by atoms with Crippen LogP contribution in [-0.4, -0.2) is 70.5 Å². The van der Waals surface area contributed by atoms with Crippen molar-refractivity contribution in [2.24, 2.45) is 11.5 Å². The smallest absolute Gasteiger partial charge is 0.326 e. The number of carboxylic acid groups (broad SMARTS) is 2. The predicted molar refractivity (Wildman–Crippen MR) is 88.8 cm³/mol. The van der Waals surface area contributed by atoms with Gasteiger partial charge in [-0.25, -0.2) is 4.79 Å². The molecule has 0 saturated heterocycles. The Kier molecular flexibility index (Phi) is 10.0. The number of hydrogen-bond acceptors (Lipinski definition) is 7.